The Bertz CT molecular complexity index is 1110. The first kappa shape index (κ1) is 20.3. The van der Waals surface area contributed by atoms with E-state index in [1.54, 1.807) is 18.5 Å². The predicted octanol–water partition coefficient (Wildman–Crippen LogP) is 3.87. The first-order valence-electron chi connectivity index (χ1n) is 10.0. The van der Waals surface area contributed by atoms with Crippen LogP contribution in [0.3, 0.4) is 0 Å². The molecule has 2 aromatic carbocycles. The Morgan fingerprint density at radius 3 is 2.77 bits per heavy atom. The van der Waals surface area contributed by atoms with Crippen LogP contribution >= 0.6 is 0 Å². The molecular weight excluding hydrogens is 378 g/mol. The lowest BCUT2D eigenvalue weighted by molar-refractivity contribution is -0.932. The van der Waals surface area contributed by atoms with E-state index in [1.165, 1.54) is 0 Å². The van der Waals surface area contributed by atoms with Crippen molar-refractivity contribution in [3.8, 4) is 22.9 Å². The Morgan fingerprint density at radius 1 is 1.23 bits per heavy atom. The SMILES string of the molecule is CC(C)(CO)C[N+]1([O-])CC(Oc2cc(-c3cccc(C#N)c3)cc3ccncc23)C1. The molecule has 1 fully saturated rings. The van der Waals surface area contributed by atoms with Gasteiger partial charge >= 0.3 is 0 Å². The average Bonchev–Trinajstić information content (AvgIpc) is 2.72. The van der Waals surface area contributed by atoms with Crippen molar-refractivity contribution in [2.75, 3.05) is 26.2 Å². The van der Waals surface area contributed by atoms with Gasteiger partial charge in [0.1, 0.15) is 18.8 Å². The highest BCUT2D eigenvalue weighted by Crippen LogP contribution is 2.35. The third-order valence-electron chi connectivity index (χ3n) is 5.55. The molecule has 0 amide bonds. The minimum Gasteiger partial charge on any atom is -0.633 e. The highest BCUT2D eigenvalue weighted by atomic mass is 16.6. The fraction of sp³-hybridized carbons (Fsp3) is 0.333. The zero-order valence-electron chi connectivity index (χ0n) is 17.2. The second-order valence-corrected chi connectivity index (χ2v) is 8.91. The molecule has 0 spiro atoms. The molecule has 1 aliphatic heterocycles. The number of pyridine rings is 1. The van der Waals surface area contributed by atoms with E-state index in [2.05, 4.69) is 17.1 Å². The van der Waals surface area contributed by atoms with Gasteiger partial charge in [-0.1, -0.05) is 26.0 Å². The number of quaternary nitrogens is 1. The van der Waals surface area contributed by atoms with Gasteiger partial charge in [0.25, 0.3) is 0 Å². The fourth-order valence-electron chi connectivity index (χ4n) is 4.10. The van der Waals surface area contributed by atoms with Crippen LogP contribution in [0.1, 0.15) is 19.4 Å². The molecule has 0 atom stereocenters. The molecule has 154 valence electrons. The summed E-state index contributed by atoms with van der Waals surface area (Å²) in [6.07, 6.45) is 3.33. The van der Waals surface area contributed by atoms with Crippen molar-refractivity contribution in [3.05, 3.63) is 65.6 Å². The second kappa shape index (κ2) is 7.69. The van der Waals surface area contributed by atoms with Gasteiger partial charge in [-0.25, -0.2) is 0 Å². The molecule has 6 heteroatoms. The lowest BCUT2D eigenvalue weighted by Crippen LogP contribution is -2.67. The lowest BCUT2D eigenvalue weighted by Gasteiger charge is -2.55. The van der Waals surface area contributed by atoms with E-state index in [4.69, 9.17) is 4.74 Å². The van der Waals surface area contributed by atoms with Gasteiger partial charge in [0, 0.05) is 23.2 Å². The molecule has 3 aromatic rings. The molecule has 6 nitrogen and oxygen atoms in total. The van der Waals surface area contributed by atoms with Gasteiger partial charge in [-0.3, -0.25) is 4.98 Å². The highest BCUT2D eigenvalue weighted by molar-refractivity contribution is 5.92. The number of nitriles is 1. The summed E-state index contributed by atoms with van der Waals surface area (Å²) in [4.78, 5) is 4.23. The number of hydroxylamine groups is 3. The van der Waals surface area contributed by atoms with Gasteiger partial charge in [0.15, 0.2) is 6.10 Å². The van der Waals surface area contributed by atoms with Crippen LogP contribution in [0.15, 0.2) is 54.9 Å². The van der Waals surface area contributed by atoms with Crippen molar-refractivity contribution < 1.29 is 14.5 Å². The van der Waals surface area contributed by atoms with E-state index in [0.29, 0.717) is 30.9 Å². The van der Waals surface area contributed by atoms with E-state index in [0.717, 1.165) is 21.9 Å². The zero-order chi connectivity index (χ0) is 21.4. The largest absolute Gasteiger partial charge is 0.633 e. The molecule has 0 saturated carbocycles. The number of aliphatic hydroxyl groups is 1. The maximum atomic E-state index is 12.9. The second-order valence-electron chi connectivity index (χ2n) is 8.91. The molecular formula is C24H25N3O3. The topological polar surface area (TPSA) is 89.2 Å². The smallest absolute Gasteiger partial charge is 0.196 e. The fourth-order valence-corrected chi connectivity index (χ4v) is 4.10. The van der Waals surface area contributed by atoms with Crippen molar-refractivity contribution in [3.63, 3.8) is 0 Å². The number of hydrogen-bond acceptors (Lipinski definition) is 5. The van der Waals surface area contributed by atoms with Crippen molar-refractivity contribution in [2.24, 2.45) is 5.41 Å². The number of benzene rings is 2. The van der Waals surface area contributed by atoms with Crippen molar-refractivity contribution in [2.45, 2.75) is 20.0 Å². The maximum absolute atomic E-state index is 12.9. The molecule has 1 N–H and O–H groups in total. The molecule has 30 heavy (non-hydrogen) atoms. The summed E-state index contributed by atoms with van der Waals surface area (Å²) in [5.41, 5.74) is 2.08. The molecule has 0 bridgehead atoms. The van der Waals surface area contributed by atoms with Gasteiger partial charge in [-0.2, -0.15) is 5.26 Å². The highest BCUT2D eigenvalue weighted by Gasteiger charge is 2.42. The Labute approximate surface area is 176 Å². The van der Waals surface area contributed by atoms with E-state index in [9.17, 15) is 15.6 Å². The normalized spacial score (nSPS) is 21.1. The van der Waals surface area contributed by atoms with Crippen LogP contribution in [0.2, 0.25) is 0 Å². The standard InChI is InChI=1S/C24H25N3O3/c1-24(2,16-28)15-27(29)13-21(14-27)30-23-10-20(9-19-6-7-26-12-22(19)23)18-5-3-4-17(8-18)11-25/h3-10,12,21,28H,13-16H2,1-2H3. The zero-order valence-corrected chi connectivity index (χ0v) is 17.2. The van der Waals surface area contributed by atoms with E-state index < -0.39 is 5.41 Å². The number of aliphatic hydroxyl groups excluding tert-OH is 1. The summed E-state index contributed by atoms with van der Waals surface area (Å²) >= 11 is 0. The number of fused-ring (bicyclic) bond motifs is 1. The van der Waals surface area contributed by atoms with Gasteiger partial charge in [0.05, 0.1) is 24.8 Å². The van der Waals surface area contributed by atoms with Crippen LogP contribution in [0.4, 0.5) is 0 Å². The lowest BCUT2D eigenvalue weighted by atomic mass is 9.92. The number of rotatable bonds is 6. The first-order chi connectivity index (χ1) is 14.3. The quantitative estimate of drug-likeness (QED) is 0.499. The minimum atomic E-state index is -0.408. The molecule has 1 saturated heterocycles. The van der Waals surface area contributed by atoms with E-state index in [-0.39, 0.29) is 17.4 Å². The van der Waals surface area contributed by atoms with Gasteiger partial charge in [-0.15, -0.1) is 0 Å². The number of ether oxygens (including phenoxy) is 1. The van der Waals surface area contributed by atoms with Crippen LogP contribution in [0.25, 0.3) is 21.9 Å². The number of nitrogens with zero attached hydrogens (tertiary/aromatic N) is 3. The predicted molar refractivity (Wildman–Crippen MR) is 115 cm³/mol. The van der Waals surface area contributed by atoms with Crippen LogP contribution in [-0.2, 0) is 0 Å². The number of hydrogen-bond donors (Lipinski definition) is 1. The van der Waals surface area contributed by atoms with Crippen molar-refractivity contribution >= 4 is 10.8 Å². The molecule has 1 aliphatic rings. The van der Waals surface area contributed by atoms with E-state index >= 15 is 0 Å². The minimum absolute atomic E-state index is 0.0130. The summed E-state index contributed by atoms with van der Waals surface area (Å²) < 4.78 is 5.89. The summed E-state index contributed by atoms with van der Waals surface area (Å²) in [5.74, 6) is 0.690. The number of aromatic nitrogens is 1. The monoisotopic (exact) mass is 403 g/mol. The van der Waals surface area contributed by atoms with Gasteiger partial charge in [-0.05, 0) is 46.8 Å². The Kier molecular flexibility index (Phi) is 5.20. The summed E-state index contributed by atoms with van der Waals surface area (Å²) in [7, 11) is 0. The summed E-state index contributed by atoms with van der Waals surface area (Å²) in [6, 6.07) is 15.6. The average molecular weight is 403 g/mol. The Hall–Kier alpha value is -2.98. The Morgan fingerprint density at radius 2 is 2.03 bits per heavy atom. The third-order valence-corrected chi connectivity index (χ3v) is 5.55. The van der Waals surface area contributed by atoms with Crippen LogP contribution in [0.5, 0.6) is 5.75 Å². The van der Waals surface area contributed by atoms with Crippen molar-refractivity contribution in [1.82, 2.24) is 4.98 Å². The molecule has 0 unspecified atom stereocenters. The van der Waals surface area contributed by atoms with Crippen LogP contribution in [-0.4, -0.2) is 47.1 Å². The molecule has 2 heterocycles. The Balaban J connectivity index is 1.61. The van der Waals surface area contributed by atoms with Gasteiger partial charge < -0.3 is 19.7 Å². The maximum Gasteiger partial charge on any atom is 0.196 e. The molecule has 0 radical (unpaired) electrons. The summed E-state index contributed by atoms with van der Waals surface area (Å²) in [5, 5.41) is 33.4. The van der Waals surface area contributed by atoms with Crippen LogP contribution in [0, 0.1) is 22.0 Å². The molecule has 4 rings (SSSR count). The first-order valence-corrected chi connectivity index (χ1v) is 10.0. The molecule has 1 aromatic heterocycles. The van der Waals surface area contributed by atoms with Crippen molar-refractivity contribution in [1.29, 1.82) is 5.26 Å². The number of likely N-dealkylation sites (tertiary alicyclic amines) is 1. The van der Waals surface area contributed by atoms with E-state index in [1.807, 2.05) is 44.2 Å². The van der Waals surface area contributed by atoms with Gasteiger partial charge in [0.2, 0.25) is 0 Å². The molecule has 0 aliphatic carbocycles. The summed E-state index contributed by atoms with van der Waals surface area (Å²) in [6.45, 7) is 4.88. The van der Waals surface area contributed by atoms with Crippen LogP contribution < -0.4 is 4.74 Å². The third kappa shape index (κ3) is 4.14.